The Hall–Kier alpha value is -2.53. The molecule has 0 aliphatic carbocycles. The first kappa shape index (κ1) is 18.3. The lowest BCUT2D eigenvalue weighted by atomic mass is 10.2. The molecular weight excluding hydrogens is 355 g/mol. The molecule has 142 valence electrons. The molecule has 11 heteroatoms. The molecule has 8 nitrogen and oxygen atoms in total. The Balaban J connectivity index is 1.64. The molecule has 2 saturated heterocycles. The van der Waals surface area contributed by atoms with E-state index in [0.29, 0.717) is 31.1 Å². The number of ether oxygens (including phenoxy) is 1. The first-order chi connectivity index (χ1) is 12.5. The number of nitrogens with zero attached hydrogens (tertiary/aromatic N) is 2. The average Bonchev–Trinajstić information content (AvgIpc) is 3.01. The molecule has 0 radical (unpaired) electrons. The van der Waals surface area contributed by atoms with Crippen molar-refractivity contribution in [3.63, 3.8) is 0 Å². The molecule has 1 aromatic carbocycles. The van der Waals surface area contributed by atoms with E-state index in [1.165, 1.54) is 11.0 Å². The normalized spacial score (nSPS) is 20.5. The van der Waals surface area contributed by atoms with Crippen molar-refractivity contribution in [3.8, 4) is 0 Å². The zero-order valence-corrected chi connectivity index (χ0v) is 13.7. The van der Waals surface area contributed by atoms with Gasteiger partial charge in [-0.3, -0.25) is 15.1 Å². The number of alkyl halides is 2. The van der Waals surface area contributed by atoms with E-state index >= 15 is 0 Å². The first-order valence-electron chi connectivity index (χ1n) is 8.00. The summed E-state index contributed by atoms with van der Waals surface area (Å²) in [5, 5.41) is 1.99. The molecule has 2 fully saturated rings. The second kappa shape index (κ2) is 7.79. The second-order valence-electron chi connectivity index (χ2n) is 5.82. The van der Waals surface area contributed by atoms with Crippen molar-refractivity contribution in [2.75, 3.05) is 42.6 Å². The van der Waals surface area contributed by atoms with Gasteiger partial charge < -0.3 is 15.0 Å². The number of benzene rings is 1. The average molecular weight is 373 g/mol. The Morgan fingerprint density at radius 3 is 2.85 bits per heavy atom. The number of cyclic esters (lactones) is 1. The van der Waals surface area contributed by atoms with Crippen LogP contribution in [0.3, 0.4) is 0 Å². The number of hydrazine groups is 1. The maximum absolute atomic E-state index is 14.4. The highest BCUT2D eigenvalue weighted by molar-refractivity contribution is 5.90. The van der Waals surface area contributed by atoms with Crippen LogP contribution in [0.15, 0.2) is 18.2 Å². The van der Waals surface area contributed by atoms with Gasteiger partial charge in [-0.2, -0.15) is 8.78 Å². The molecule has 2 heterocycles. The van der Waals surface area contributed by atoms with Gasteiger partial charge in [-0.05, 0) is 18.2 Å². The van der Waals surface area contributed by atoms with Gasteiger partial charge in [0, 0.05) is 13.1 Å². The lowest BCUT2D eigenvalue weighted by molar-refractivity contribution is -0.132. The number of carbonyl (C=O) groups excluding carboxylic acids is 2. The minimum absolute atomic E-state index is 0.0241. The van der Waals surface area contributed by atoms with Gasteiger partial charge in [-0.15, -0.1) is 0 Å². The quantitative estimate of drug-likeness (QED) is 0.693. The van der Waals surface area contributed by atoms with Crippen LogP contribution < -0.4 is 26.0 Å². The fourth-order valence-corrected chi connectivity index (χ4v) is 2.77. The molecule has 0 unspecified atom stereocenters. The molecular formula is C15H18F3N5O3. The van der Waals surface area contributed by atoms with Crippen LogP contribution in [0.5, 0.6) is 0 Å². The molecule has 0 bridgehead atoms. The molecule has 0 saturated carbocycles. The smallest absolute Gasteiger partial charge is 0.414 e. The van der Waals surface area contributed by atoms with Crippen LogP contribution in [-0.4, -0.2) is 57.4 Å². The molecule has 3 rings (SSSR count). The monoisotopic (exact) mass is 373 g/mol. The van der Waals surface area contributed by atoms with E-state index in [0.717, 1.165) is 0 Å². The Kier molecular flexibility index (Phi) is 5.47. The van der Waals surface area contributed by atoms with Crippen molar-refractivity contribution in [3.05, 3.63) is 24.0 Å². The van der Waals surface area contributed by atoms with Crippen molar-refractivity contribution in [2.24, 2.45) is 0 Å². The highest BCUT2D eigenvalue weighted by Crippen LogP contribution is 2.27. The lowest BCUT2D eigenvalue weighted by Gasteiger charge is -2.30. The Morgan fingerprint density at radius 1 is 1.38 bits per heavy atom. The maximum Gasteiger partial charge on any atom is 0.414 e. The molecule has 2 amide bonds. The third-order valence-corrected chi connectivity index (χ3v) is 4.06. The van der Waals surface area contributed by atoms with Gasteiger partial charge >= 0.3 is 12.5 Å². The summed E-state index contributed by atoms with van der Waals surface area (Å²) in [4.78, 5) is 25.8. The minimum Gasteiger partial charge on any atom is -0.442 e. The van der Waals surface area contributed by atoms with Crippen LogP contribution in [0, 0.1) is 5.82 Å². The van der Waals surface area contributed by atoms with Crippen molar-refractivity contribution in [2.45, 2.75) is 12.5 Å². The summed E-state index contributed by atoms with van der Waals surface area (Å²) in [6.07, 6.45) is -4.65. The predicted octanol–water partition coefficient (Wildman–Crippen LogP) is 0.404. The molecule has 2 aliphatic rings. The summed E-state index contributed by atoms with van der Waals surface area (Å²) in [6.45, 7) is 1.51. The molecule has 1 atom stereocenters. The number of halogens is 3. The van der Waals surface area contributed by atoms with E-state index in [4.69, 9.17) is 4.74 Å². The predicted molar refractivity (Wildman–Crippen MR) is 86.4 cm³/mol. The van der Waals surface area contributed by atoms with Crippen molar-refractivity contribution >= 4 is 23.4 Å². The number of rotatable bonds is 5. The van der Waals surface area contributed by atoms with E-state index in [2.05, 4.69) is 10.9 Å². The molecule has 3 N–H and O–H groups in total. The highest BCUT2D eigenvalue weighted by atomic mass is 19.3. The van der Waals surface area contributed by atoms with E-state index in [-0.39, 0.29) is 13.1 Å². The number of carbonyl (C=O) groups is 2. The summed E-state index contributed by atoms with van der Waals surface area (Å²) >= 11 is 0. The SMILES string of the molecule is O=C(NC[C@H]1CN(c2ccc(N3CCNNC3)c(F)c2)C(=O)O1)C(F)F. The van der Waals surface area contributed by atoms with Crippen LogP contribution in [-0.2, 0) is 9.53 Å². The molecule has 2 aliphatic heterocycles. The minimum atomic E-state index is -3.13. The number of amides is 2. The van der Waals surface area contributed by atoms with Gasteiger partial charge in [0.05, 0.1) is 31.1 Å². The fourth-order valence-electron chi connectivity index (χ4n) is 2.77. The van der Waals surface area contributed by atoms with Gasteiger partial charge in [0.2, 0.25) is 0 Å². The van der Waals surface area contributed by atoms with Crippen molar-refractivity contribution in [1.82, 2.24) is 16.2 Å². The topological polar surface area (TPSA) is 85.9 Å². The zero-order chi connectivity index (χ0) is 18.7. The fraction of sp³-hybridized carbons (Fsp3) is 0.467. The van der Waals surface area contributed by atoms with E-state index < -0.39 is 30.3 Å². The third-order valence-electron chi connectivity index (χ3n) is 4.06. The van der Waals surface area contributed by atoms with E-state index in [1.54, 1.807) is 17.0 Å². The number of hydrogen-bond acceptors (Lipinski definition) is 6. The number of hydrogen-bond donors (Lipinski definition) is 3. The summed E-state index contributed by atoms with van der Waals surface area (Å²) in [5.41, 5.74) is 6.54. The van der Waals surface area contributed by atoms with E-state index in [1.807, 2.05) is 5.32 Å². The lowest BCUT2D eigenvalue weighted by Crippen LogP contribution is -2.52. The summed E-state index contributed by atoms with van der Waals surface area (Å²) < 4.78 is 43.8. The Labute approximate surface area is 147 Å². The van der Waals surface area contributed by atoms with Crippen molar-refractivity contribution in [1.29, 1.82) is 0 Å². The standard InChI is InChI=1S/C15H18F3N5O3/c16-11-5-9(1-2-12(11)22-4-3-20-21-8-22)23-7-10(26-15(23)25)6-19-14(24)13(17)18/h1-2,5,10,13,20-21H,3-4,6-8H2,(H,19,24)/t10-/m0/s1. The van der Waals surface area contributed by atoms with Gasteiger partial charge in [0.25, 0.3) is 5.91 Å². The van der Waals surface area contributed by atoms with Crippen LogP contribution in [0.2, 0.25) is 0 Å². The molecule has 1 aromatic rings. The van der Waals surface area contributed by atoms with Crippen LogP contribution >= 0.6 is 0 Å². The zero-order valence-electron chi connectivity index (χ0n) is 13.7. The van der Waals surface area contributed by atoms with Gasteiger partial charge in [-0.1, -0.05) is 0 Å². The number of nitrogens with one attached hydrogen (secondary N) is 3. The summed E-state index contributed by atoms with van der Waals surface area (Å²) in [7, 11) is 0. The molecule has 26 heavy (non-hydrogen) atoms. The molecule has 0 spiro atoms. The Morgan fingerprint density at radius 2 is 2.19 bits per heavy atom. The molecule has 0 aromatic heterocycles. The highest BCUT2D eigenvalue weighted by Gasteiger charge is 2.33. The van der Waals surface area contributed by atoms with Gasteiger partial charge in [-0.25, -0.2) is 14.6 Å². The van der Waals surface area contributed by atoms with Crippen LogP contribution in [0.4, 0.5) is 29.3 Å². The van der Waals surface area contributed by atoms with Gasteiger partial charge in [0.15, 0.2) is 0 Å². The largest absolute Gasteiger partial charge is 0.442 e. The van der Waals surface area contributed by atoms with Crippen molar-refractivity contribution < 1.29 is 27.5 Å². The third kappa shape index (κ3) is 3.99. The Bertz CT molecular complexity index is 684. The maximum atomic E-state index is 14.4. The van der Waals surface area contributed by atoms with Crippen LogP contribution in [0.25, 0.3) is 0 Å². The van der Waals surface area contributed by atoms with E-state index in [9.17, 15) is 22.8 Å². The van der Waals surface area contributed by atoms with Crippen LogP contribution in [0.1, 0.15) is 0 Å². The second-order valence-corrected chi connectivity index (χ2v) is 5.82. The summed E-state index contributed by atoms with van der Waals surface area (Å²) in [6, 6.07) is 4.37. The van der Waals surface area contributed by atoms with Gasteiger partial charge in [0.1, 0.15) is 11.9 Å². The number of anilines is 2. The summed E-state index contributed by atoms with van der Waals surface area (Å²) in [5.74, 6) is -1.92. The first-order valence-corrected chi connectivity index (χ1v) is 8.00.